The van der Waals surface area contributed by atoms with Gasteiger partial charge >= 0.3 is 0 Å². The molecule has 0 saturated heterocycles. The van der Waals surface area contributed by atoms with Crippen LogP contribution in [-0.2, 0) is 6.42 Å². The molecule has 0 spiro atoms. The standard InChI is InChI=1S/C18H17ClN2O2/c1-11(2)20-18(22)13-5-8-16-15(10-13)21-17(23-16)9-12-3-6-14(19)7-4-12/h3-8,10-11H,9H2,1-2H3,(H,20,22). The van der Waals surface area contributed by atoms with Gasteiger partial charge in [0.15, 0.2) is 11.5 Å². The summed E-state index contributed by atoms with van der Waals surface area (Å²) in [6.45, 7) is 3.85. The molecule has 4 nitrogen and oxygen atoms in total. The smallest absolute Gasteiger partial charge is 0.251 e. The second-order valence-electron chi connectivity index (χ2n) is 5.72. The van der Waals surface area contributed by atoms with E-state index >= 15 is 0 Å². The van der Waals surface area contributed by atoms with Gasteiger partial charge in [0.2, 0.25) is 0 Å². The van der Waals surface area contributed by atoms with E-state index in [2.05, 4.69) is 10.3 Å². The van der Waals surface area contributed by atoms with E-state index in [0.29, 0.717) is 34.0 Å². The van der Waals surface area contributed by atoms with E-state index in [1.165, 1.54) is 0 Å². The Morgan fingerprint density at radius 3 is 2.65 bits per heavy atom. The first-order chi connectivity index (χ1) is 11.0. The summed E-state index contributed by atoms with van der Waals surface area (Å²) in [5, 5.41) is 3.57. The van der Waals surface area contributed by atoms with Gasteiger partial charge in [-0.3, -0.25) is 4.79 Å². The first-order valence-electron chi connectivity index (χ1n) is 7.46. The highest BCUT2D eigenvalue weighted by molar-refractivity contribution is 6.30. The summed E-state index contributed by atoms with van der Waals surface area (Å²) in [6, 6.07) is 12.9. The predicted molar refractivity (Wildman–Crippen MR) is 90.9 cm³/mol. The molecule has 3 aromatic rings. The molecule has 0 radical (unpaired) electrons. The number of halogens is 1. The number of fused-ring (bicyclic) bond motifs is 1. The van der Waals surface area contributed by atoms with Crippen LogP contribution < -0.4 is 5.32 Å². The van der Waals surface area contributed by atoms with Gasteiger partial charge < -0.3 is 9.73 Å². The summed E-state index contributed by atoms with van der Waals surface area (Å²) in [7, 11) is 0. The minimum absolute atomic E-state index is 0.0935. The van der Waals surface area contributed by atoms with Crippen LogP contribution in [0.15, 0.2) is 46.9 Å². The van der Waals surface area contributed by atoms with Gasteiger partial charge in [-0.25, -0.2) is 4.98 Å². The summed E-state index contributed by atoms with van der Waals surface area (Å²) in [5.74, 6) is 0.507. The van der Waals surface area contributed by atoms with E-state index < -0.39 is 0 Å². The Morgan fingerprint density at radius 2 is 1.96 bits per heavy atom. The van der Waals surface area contributed by atoms with Crippen LogP contribution in [0.2, 0.25) is 5.02 Å². The number of aromatic nitrogens is 1. The second-order valence-corrected chi connectivity index (χ2v) is 6.16. The fourth-order valence-corrected chi connectivity index (χ4v) is 2.44. The zero-order valence-corrected chi connectivity index (χ0v) is 13.7. The fourth-order valence-electron chi connectivity index (χ4n) is 2.31. The van der Waals surface area contributed by atoms with Gasteiger partial charge in [-0.2, -0.15) is 0 Å². The van der Waals surface area contributed by atoms with Gasteiger partial charge in [-0.15, -0.1) is 0 Å². The van der Waals surface area contributed by atoms with Crippen LogP contribution in [-0.4, -0.2) is 16.9 Å². The molecule has 0 aliphatic carbocycles. The van der Waals surface area contributed by atoms with Gasteiger partial charge in [0.05, 0.1) is 0 Å². The molecule has 0 fully saturated rings. The maximum atomic E-state index is 12.0. The van der Waals surface area contributed by atoms with Gasteiger partial charge in [-0.05, 0) is 49.7 Å². The van der Waals surface area contributed by atoms with Crippen molar-refractivity contribution in [2.45, 2.75) is 26.3 Å². The Kier molecular flexibility index (Phi) is 4.35. The third-order valence-electron chi connectivity index (χ3n) is 3.38. The summed E-state index contributed by atoms with van der Waals surface area (Å²) >= 11 is 5.88. The Hall–Kier alpha value is -2.33. The van der Waals surface area contributed by atoms with Crippen molar-refractivity contribution in [2.75, 3.05) is 0 Å². The maximum Gasteiger partial charge on any atom is 0.251 e. The van der Waals surface area contributed by atoms with Crippen molar-refractivity contribution < 1.29 is 9.21 Å². The third-order valence-corrected chi connectivity index (χ3v) is 3.63. The summed E-state index contributed by atoms with van der Waals surface area (Å²) in [4.78, 5) is 16.5. The Balaban J connectivity index is 1.84. The SMILES string of the molecule is CC(C)NC(=O)c1ccc2oc(Cc3ccc(Cl)cc3)nc2c1. The molecule has 118 valence electrons. The first kappa shape index (κ1) is 15.6. The zero-order chi connectivity index (χ0) is 16.4. The van der Waals surface area contributed by atoms with Crippen molar-refractivity contribution >= 4 is 28.6 Å². The number of nitrogens with one attached hydrogen (secondary N) is 1. The molecule has 0 bridgehead atoms. The van der Waals surface area contributed by atoms with E-state index in [1.807, 2.05) is 38.1 Å². The molecule has 0 aliphatic heterocycles. The van der Waals surface area contributed by atoms with Crippen LogP contribution in [0.3, 0.4) is 0 Å². The molecule has 1 aromatic heterocycles. The number of carbonyl (C=O) groups excluding carboxylic acids is 1. The van der Waals surface area contributed by atoms with Gasteiger partial charge in [0, 0.05) is 23.0 Å². The van der Waals surface area contributed by atoms with Crippen molar-refractivity contribution in [3.05, 3.63) is 64.5 Å². The van der Waals surface area contributed by atoms with Crippen molar-refractivity contribution in [1.82, 2.24) is 10.3 Å². The minimum Gasteiger partial charge on any atom is -0.440 e. The van der Waals surface area contributed by atoms with Crippen LogP contribution in [0, 0.1) is 0 Å². The molecule has 23 heavy (non-hydrogen) atoms. The molecular weight excluding hydrogens is 312 g/mol. The molecule has 0 atom stereocenters. The molecule has 2 aromatic carbocycles. The summed E-state index contributed by atoms with van der Waals surface area (Å²) in [6.07, 6.45) is 0.583. The van der Waals surface area contributed by atoms with Crippen LogP contribution in [0.5, 0.6) is 0 Å². The maximum absolute atomic E-state index is 12.0. The highest BCUT2D eigenvalue weighted by Gasteiger charge is 2.11. The number of amides is 1. The van der Waals surface area contributed by atoms with Crippen molar-refractivity contribution in [3.63, 3.8) is 0 Å². The van der Waals surface area contributed by atoms with Crippen LogP contribution in [0.1, 0.15) is 35.7 Å². The van der Waals surface area contributed by atoms with E-state index in [0.717, 1.165) is 5.56 Å². The van der Waals surface area contributed by atoms with E-state index in [1.54, 1.807) is 18.2 Å². The lowest BCUT2D eigenvalue weighted by atomic mass is 10.1. The van der Waals surface area contributed by atoms with Crippen LogP contribution in [0.4, 0.5) is 0 Å². The van der Waals surface area contributed by atoms with Crippen molar-refractivity contribution in [2.24, 2.45) is 0 Å². The lowest BCUT2D eigenvalue weighted by Gasteiger charge is -2.07. The molecule has 1 heterocycles. The molecule has 1 N–H and O–H groups in total. The van der Waals surface area contributed by atoms with E-state index in [-0.39, 0.29) is 11.9 Å². The monoisotopic (exact) mass is 328 g/mol. The largest absolute Gasteiger partial charge is 0.440 e. The number of hydrogen-bond acceptors (Lipinski definition) is 3. The molecular formula is C18H17ClN2O2. The number of oxazole rings is 1. The van der Waals surface area contributed by atoms with E-state index in [9.17, 15) is 4.79 Å². The lowest BCUT2D eigenvalue weighted by molar-refractivity contribution is 0.0943. The number of hydrogen-bond donors (Lipinski definition) is 1. The topological polar surface area (TPSA) is 55.1 Å². The highest BCUT2D eigenvalue weighted by Crippen LogP contribution is 2.20. The Morgan fingerprint density at radius 1 is 1.22 bits per heavy atom. The molecule has 5 heteroatoms. The zero-order valence-electron chi connectivity index (χ0n) is 13.0. The van der Waals surface area contributed by atoms with Crippen molar-refractivity contribution in [1.29, 1.82) is 0 Å². The molecule has 3 rings (SSSR count). The normalized spacial score (nSPS) is 11.1. The lowest BCUT2D eigenvalue weighted by Crippen LogP contribution is -2.29. The van der Waals surface area contributed by atoms with Crippen molar-refractivity contribution in [3.8, 4) is 0 Å². The molecule has 0 saturated carbocycles. The van der Waals surface area contributed by atoms with E-state index in [4.69, 9.17) is 16.0 Å². The number of carbonyl (C=O) groups is 1. The number of benzene rings is 2. The number of rotatable bonds is 4. The minimum atomic E-state index is -0.107. The fraction of sp³-hybridized carbons (Fsp3) is 0.222. The second kappa shape index (κ2) is 6.42. The van der Waals surface area contributed by atoms with Crippen LogP contribution >= 0.6 is 11.6 Å². The third kappa shape index (κ3) is 3.71. The Bertz CT molecular complexity index is 838. The number of nitrogens with zero attached hydrogens (tertiary/aromatic N) is 1. The summed E-state index contributed by atoms with van der Waals surface area (Å²) < 4.78 is 5.74. The predicted octanol–water partition coefficient (Wildman–Crippen LogP) is 4.21. The summed E-state index contributed by atoms with van der Waals surface area (Å²) in [5.41, 5.74) is 3.01. The van der Waals surface area contributed by atoms with Crippen LogP contribution in [0.25, 0.3) is 11.1 Å². The quantitative estimate of drug-likeness (QED) is 0.780. The average Bonchev–Trinajstić information content (AvgIpc) is 2.90. The highest BCUT2D eigenvalue weighted by atomic mass is 35.5. The molecule has 0 aliphatic rings. The van der Waals surface area contributed by atoms with Gasteiger partial charge in [-0.1, -0.05) is 23.7 Å². The van der Waals surface area contributed by atoms with Gasteiger partial charge in [0.1, 0.15) is 5.52 Å². The average molecular weight is 329 g/mol. The molecule has 1 amide bonds. The Labute approximate surface area is 139 Å². The first-order valence-corrected chi connectivity index (χ1v) is 7.84. The van der Waals surface area contributed by atoms with Gasteiger partial charge in [0.25, 0.3) is 5.91 Å². The molecule has 0 unspecified atom stereocenters.